The van der Waals surface area contributed by atoms with Crippen LogP contribution in [0.15, 0.2) is 42.6 Å². The lowest BCUT2D eigenvalue weighted by Crippen LogP contribution is -2.00. The zero-order valence-electron chi connectivity index (χ0n) is 10.1. The summed E-state index contributed by atoms with van der Waals surface area (Å²) in [7, 11) is 0. The third-order valence-electron chi connectivity index (χ3n) is 2.45. The third-order valence-corrected chi connectivity index (χ3v) is 2.45. The number of nitrogens with one attached hydrogen (secondary N) is 1. The van der Waals surface area contributed by atoms with E-state index in [4.69, 9.17) is 10.00 Å². The number of nitrogens with zero attached hydrogens (tertiary/aromatic N) is 2. The summed E-state index contributed by atoms with van der Waals surface area (Å²) in [5.74, 6) is 0.165. The quantitative estimate of drug-likeness (QED) is 0.837. The molecule has 2 aromatic rings. The Labute approximate surface area is 110 Å². The van der Waals surface area contributed by atoms with E-state index in [1.54, 1.807) is 18.2 Å². The molecule has 0 unspecified atom stereocenters. The average Bonchev–Trinajstić information content (AvgIpc) is 2.46. The molecule has 0 atom stereocenters. The van der Waals surface area contributed by atoms with Crippen LogP contribution < -0.4 is 10.1 Å². The van der Waals surface area contributed by atoms with Crippen molar-refractivity contribution in [1.82, 2.24) is 4.98 Å². The van der Waals surface area contributed by atoms with Gasteiger partial charge in [0.1, 0.15) is 11.8 Å². The highest BCUT2D eigenvalue weighted by atomic mass is 19.1. The highest BCUT2D eigenvalue weighted by molar-refractivity contribution is 5.41. The van der Waals surface area contributed by atoms with E-state index >= 15 is 0 Å². The van der Waals surface area contributed by atoms with E-state index in [1.165, 1.54) is 12.3 Å². The van der Waals surface area contributed by atoms with Crippen molar-refractivity contribution in [3.8, 4) is 11.8 Å². The smallest absolute Gasteiger partial charge is 0.212 e. The van der Waals surface area contributed by atoms with E-state index in [9.17, 15) is 4.39 Å². The van der Waals surface area contributed by atoms with Gasteiger partial charge in [0.05, 0.1) is 11.9 Å². The molecule has 0 aliphatic heterocycles. The summed E-state index contributed by atoms with van der Waals surface area (Å²) in [6, 6.07) is 12.3. The first-order valence-electron chi connectivity index (χ1n) is 5.72. The number of hydrogen-bond donors (Lipinski definition) is 1. The Balaban J connectivity index is 1.89. The summed E-state index contributed by atoms with van der Waals surface area (Å²) in [6.07, 6.45) is 1.44. The maximum absolute atomic E-state index is 12.6. The lowest BCUT2D eigenvalue weighted by molar-refractivity contribution is 0.368. The Hall–Kier alpha value is -2.61. The number of benzene rings is 1. The lowest BCUT2D eigenvalue weighted by atomic mass is 10.2. The molecule has 2 rings (SSSR count). The van der Waals surface area contributed by atoms with Crippen molar-refractivity contribution < 1.29 is 9.13 Å². The fourth-order valence-corrected chi connectivity index (χ4v) is 1.50. The number of rotatable bonds is 5. The highest BCUT2D eigenvalue weighted by Gasteiger charge is 1.97. The van der Waals surface area contributed by atoms with Crippen LogP contribution in [-0.2, 0) is 6.54 Å². The number of anilines is 1. The maximum Gasteiger partial charge on any atom is 0.212 e. The van der Waals surface area contributed by atoms with Gasteiger partial charge in [-0.1, -0.05) is 12.1 Å². The standard InChI is InChI=1S/C14H12FN3O/c15-14-6-3-12(10-18-14)17-9-11-1-4-13(5-2-11)19-8-7-16/h1-6,10,17H,8-9H2. The Bertz CT molecular complexity index is 561. The predicted octanol–water partition coefficient (Wildman–Crippen LogP) is 2.74. The Morgan fingerprint density at radius 3 is 2.63 bits per heavy atom. The van der Waals surface area contributed by atoms with Gasteiger partial charge in [-0.2, -0.15) is 9.65 Å². The number of hydrogen-bond acceptors (Lipinski definition) is 4. The Kier molecular flexibility index (Phi) is 4.29. The number of nitriles is 1. The van der Waals surface area contributed by atoms with Crippen LogP contribution >= 0.6 is 0 Å². The molecule has 4 nitrogen and oxygen atoms in total. The molecule has 5 heteroatoms. The van der Waals surface area contributed by atoms with Gasteiger partial charge in [-0.25, -0.2) is 4.98 Å². The molecule has 0 bridgehead atoms. The minimum Gasteiger partial charge on any atom is -0.479 e. The second-order valence-electron chi connectivity index (χ2n) is 3.81. The first-order valence-corrected chi connectivity index (χ1v) is 5.72. The number of aromatic nitrogens is 1. The summed E-state index contributed by atoms with van der Waals surface area (Å²) in [6.45, 7) is 0.644. The van der Waals surface area contributed by atoms with Crippen LogP contribution in [0.5, 0.6) is 5.75 Å². The molecule has 0 saturated carbocycles. The maximum atomic E-state index is 12.6. The van der Waals surface area contributed by atoms with E-state index in [-0.39, 0.29) is 6.61 Å². The van der Waals surface area contributed by atoms with Gasteiger partial charge >= 0.3 is 0 Å². The third kappa shape index (κ3) is 3.96. The van der Waals surface area contributed by atoms with E-state index in [2.05, 4.69) is 10.3 Å². The van der Waals surface area contributed by atoms with Gasteiger partial charge in [0.15, 0.2) is 6.61 Å². The van der Waals surface area contributed by atoms with Crippen molar-refractivity contribution in [2.45, 2.75) is 6.54 Å². The first kappa shape index (κ1) is 12.8. The molecule has 0 saturated heterocycles. The normalized spacial score (nSPS) is 9.68. The first-order chi connectivity index (χ1) is 9.28. The van der Waals surface area contributed by atoms with E-state index in [0.29, 0.717) is 12.3 Å². The molecule has 0 amide bonds. The minimum absolute atomic E-state index is 0.0405. The van der Waals surface area contributed by atoms with Gasteiger partial charge in [0, 0.05) is 6.54 Å². The molecular weight excluding hydrogens is 245 g/mol. The molecule has 19 heavy (non-hydrogen) atoms. The Morgan fingerprint density at radius 1 is 1.21 bits per heavy atom. The van der Waals surface area contributed by atoms with Crippen LogP contribution in [0.2, 0.25) is 0 Å². The second kappa shape index (κ2) is 6.36. The molecule has 96 valence electrons. The van der Waals surface area contributed by atoms with Gasteiger partial charge in [-0.3, -0.25) is 0 Å². The molecule has 0 aliphatic rings. The van der Waals surface area contributed by atoms with Crippen LogP contribution in [0, 0.1) is 17.3 Å². The summed E-state index contributed by atoms with van der Waals surface area (Å²) >= 11 is 0. The van der Waals surface area contributed by atoms with Crippen molar-refractivity contribution in [3.63, 3.8) is 0 Å². The van der Waals surface area contributed by atoms with Gasteiger partial charge in [-0.15, -0.1) is 0 Å². The summed E-state index contributed by atoms with van der Waals surface area (Å²) in [5.41, 5.74) is 1.81. The van der Waals surface area contributed by atoms with Crippen LogP contribution in [0.3, 0.4) is 0 Å². The molecule has 0 spiro atoms. The molecule has 0 aliphatic carbocycles. The molecule has 1 aromatic heterocycles. The summed E-state index contributed by atoms with van der Waals surface area (Å²) in [4.78, 5) is 3.56. The molecule has 0 fully saturated rings. The highest BCUT2D eigenvalue weighted by Crippen LogP contribution is 2.13. The fraction of sp³-hybridized carbons (Fsp3) is 0.143. The SMILES string of the molecule is N#CCOc1ccc(CNc2ccc(F)nc2)cc1. The Morgan fingerprint density at radius 2 is 2.00 bits per heavy atom. The van der Waals surface area contributed by atoms with Crippen LogP contribution in [0.25, 0.3) is 0 Å². The van der Waals surface area contributed by atoms with Crippen molar-refractivity contribution in [2.24, 2.45) is 0 Å². The number of ether oxygens (including phenoxy) is 1. The van der Waals surface area contributed by atoms with E-state index in [0.717, 1.165) is 11.3 Å². The summed E-state index contributed by atoms with van der Waals surface area (Å²) in [5, 5.41) is 11.5. The summed E-state index contributed by atoms with van der Waals surface area (Å²) < 4.78 is 17.8. The predicted molar refractivity (Wildman–Crippen MR) is 69.1 cm³/mol. The van der Waals surface area contributed by atoms with Gasteiger partial charge in [0.25, 0.3) is 0 Å². The zero-order valence-corrected chi connectivity index (χ0v) is 10.1. The fourth-order valence-electron chi connectivity index (χ4n) is 1.50. The van der Waals surface area contributed by atoms with Crippen molar-refractivity contribution >= 4 is 5.69 Å². The van der Waals surface area contributed by atoms with E-state index < -0.39 is 5.95 Å². The van der Waals surface area contributed by atoms with Gasteiger partial charge < -0.3 is 10.1 Å². The monoisotopic (exact) mass is 257 g/mol. The number of halogens is 1. The van der Waals surface area contributed by atoms with Gasteiger partial charge in [-0.05, 0) is 29.8 Å². The average molecular weight is 257 g/mol. The lowest BCUT2D eigenvalue weighted by Gasteiger charge is -2.07. The van der Waals surface area contributed by atoms with Crippen LogP contribution in [-0.4, -0.2) is 11.6 Å². The largest absolute Gasteiger partial charge is 0.479 e. The molecular formula is C14H12FN3O. The number of pyridine rings is 1. The van der Waals surface area contributed by atoms with Gasteiger partial charge in [0.2, 0.25) is 5.95 Å². The van der Waals surface area contributed by atoms with Crippen LogP contribution in [0.1, 0.15) is 5.56 Å². The molecule has 1 N–H and O–H groups in total. The van der Waals surface area contributed by atoms with Crippen molar-refractivity contribution in [3.05, 3.63) is 54.1 Å². The van der Waals surface area contributed by atoms with Crippen molar-refractivity contribution in [1.29, 1.82) is 5.26 Å². The molecule has 0 radical (unpaired) electrons. The van der Waals surface area contributed by atoms with Crippen LogP contribution in [0.4, 0.5) is 10.1 Å². The zero-order chi connectivity index (χ0) is 13.5. The molecule has 1 aromatic carbocycles. The van der Waals surface area contributed by atoms with E-state index in [1.807, 2.05) is 18.2 Å². The van der Waals surface area contributed by atoms with Crippen molar-refractivity contribution in [2.75, 3.05) is 11.9 Å². The minimum atomic E-state index is -0.496. The molecule has 1 heterocycles. The second-order valence-corrected chi connectivity index (χ2v) is 3.81. The topological polar surface area (TPSA) is 57.9 Å².